The van der Waals surface area contributed by atoms with E-state index in [-0.39, 0.29) is 41.0 Å². The summed E-state index contributed by atoms with van der Waals surface area (Å²) in [5.41, 5.74) is 0.955. The third-order valence-electron chi connectivity index (χ3n) is 3.62. The highest BCUT2D eigenvalue weighted by Gasteiger charge is 2.27. The fraction of sp³-hybridized carbons (Fsp3) is 0.278. The Hall–Kier alpha value is -2.28. The van der Waals surface area contributed by atoms with Crippen LogP contribution in [-0.2, 0) is 21.3 Å². The summed E-state index contributed by atoms with van der Waals surface area (Å²) >= 11 is 3.23. The van der Waals surface area contributed by atoms with Crippen LogP contribution >= 0.6 is 15.9 Å². The van der Waals surface area contributed by atoms with Crippen molar-refractivity contribution in [2.24, 2.45) is 0 Å². The second-order valence-electron chi connectivity index (χ2n) is 5.47. The van der Waals surface area contributed by atoms with Crippen molar-refractivity contribution in [1.29, 1.82) is 5.26 Å². The van der Waals surface area contributed by atoms with Crippen molar-refractivity contribution >= 4 is 31.9 Å². The molecule has 2 aromatic rings. The fourth-order valence-corrected chi connectivity index (χ4v) is 4.81. The Morgan fingerprint density at radius 2 is 2.15 bits per heavy atom. The number of halogens is 1. The van der Waals surface area contributed by atoms with E-state index >= 15 is 0 Å². The molecule has 0 aliphatic heterocycles. The number of nitriles is 1. The highest BCUT2D eigenvalue weighted by atomic mass is 79.9. The summed E-state index contributed by atoms with van der Waals surface area (Å²) in [6.45, 7) is 2.05. The van der Waals surface area contributed by atoms with Gasteiger partial charge in [0.05, 0.1) is 23.1 Å². The van der Waals surface area contributed by atoms with E-state index in [4.69, 9.17) is 10.00 Å². The smallest absolute Gasteiger partial charge is 0.338 e. The van der Waals surface area contributed by atoms with E-state index in [0.717, 1.165) is 0 Å². The van der Waals surface area contributed by atoms with E-state index in [1.54, 1.807) is 31.5 Å². The molecule has 0 unspecified atom stereocenters. The number of carbonyl (C=O) groups is 1. The lowest BCUT2D eigenvalue weighted by Crippen LogP contribution is -2.32. The van der Waals surface area contributed by atoms with E-state index in [0.29, 0.717) is 5.56 Å². The summed E-state index contributed by atoms with van der Waals surface area (Å²) < 4.78 is 32.6. The molecule has 0 radical (unpaired) electrons. The molecular formula is C18H18BrN3O4S. The van der Waals surface area contributed by atoms with Crippen molar-refractivity contribution in [3.8, 4) is 6.07 Å². The molecule has 27 heavy (non-hydrogen) atoms. The molecule has 0 fully saturated rings. The number of aromatic nitrogens is 1. The van der Waals surface area contributed by atoms with Crippen LogP contribution in [0.1, 0.15) is 29.3 Å². The van der Waals surface area contributed by atoms with Crippen molar-refractivity contribution in [3.63, 3.8) is 0 Å². The number of ether oxygens (including phenoxy) is 1. The first-order chi connectivity index (χ1) is 12.9. The number of benzene rings is 1. The van der Waals surface area contributed by atoms with E-state index in [1.165, 1.54) is 22.5 Å². The van der Waals surface area contributed by atoms with E-state index in [1.807, 2.05) is 6.07 Å². The maximum atomic E-state index is 13.1. The van der Waals surface area contributed by atoms with Crippen LogP contribution in [0.3, 0.4) is 0 Å². The topological polar surface area (TPSA) is 100 Å². The molecule has 9 heteroatoms. The van der Waals surface area contributed by atoms with Gasteiger partial charge in [-0.2, -0.15) is 9.57 Å². The van der Waals surface area contributed by atoms with E-state index < -0.39 is 16.0 Å². The SMILES string of the molecule is CCOC(=O)c1ccc(S(=O)(=O)N(CCC#N)Cc2cccnc2)c(Br)c1. The molecule has 0 saturated carbocycles. The van der Waals surface area contributed by atoms with Crippen molar-refractivity contribution in [2.45, 2.75) is 24.8 Å². The van der Waals surface area contributed by atoms with Gasteiger partial charge in [0.1, 0.15) is 0 Å². The molecule has 0 atom stereocenters. The monoisotopic (exact) mass is 451 g/mol. The molecule has 1 heterocycles. The molecule has 0 saturated heterocycles. The molecule has 7 nitrogen and oxygen atoms in total. The Morgan fingerprint density at radius 1 is 1.37 bits per heavy atom. The number of esters is 1. The van der Waals surface area contributed by atoms with Gasteiger partial charge in [0.25, 0.3) is 0 Å². The van der Waals surface area contributed by atoms with Crippen LogP contribution in [0.5, 0.6) is 0 Å². The Labute approximate surface area is 166 Å². The zero-order valence-electron chi connectivity index (χ0n) is 14.6. The second kappa shape index (κ2) is 9.60. The van der Waals surface area contributed by atoms with Crippen LogP contribution < -0.4 is 0 Å². The Kier molecular flexibility index (Phi) is 7.47. The first-order valence-electron chi connectivity index (χ1n) is 8.12. The first-order valence-corrected chi connectivity index (χ1v) is 10.4. The molecule has 0 amide bonds. The van der Waals surface area contributed by atoms with Gasteiger partial charge in [0.15, 0.2) is 0 Å². The molecule has 2 rings (SSSR count). The van der Waals surface area contributed by atoms with Gasteiger partial charge in [-0.25, -0.2) is 13.2 Å². The molecule has 1 aromatic carbocycles. The van der Waals surface area contributed by atoms with Gasteiger partial charge in [-0.3, -0.25) is 4.98 Å². The third kappa shape index (κ3) is 5.35. The van der Waals surface area contributed by atoms with Gasteiger partial charge in [0.2, 0.25) is 10.0 Å². The molecule has 0 aliphatic rings. The zero-order chi connectivity index (χ0) is 19.9. The number of hydrogen-bond acceptors (Lipinski definition) is 6. The number of hydrogen-bond donors (Lipinski definition) is 0. The van der Waals surface area contributed by atoms with Gasteiger partial charge >= 0.3 is 5.97 Å². The number of nitrogens with zero attached hydrogens (tertiary/aromatic N) is 3. The molecule has 0 spiro atoms. The van der Waals surface area contributed by atoms with Crippen LogP contribution in [0.25, 0.3) is 0 Å². The Morgan fingerprint density at radius 3 is 2.74 bits per heavy atom. The van der Waals surface area contributed by atoms with Crippen LogP contribution in [0.2, 0.25) is 0 Å². The highest BCUT2D eigenvalue weighted by Crippen LogP contribution is 2.27. The quantitative estimate of drug-likeness (QED) is 0.571. The average molecular weight is 452 g/mol. The predicted octanol–water partition coefficient (Wildman–Crippen LogP) is 3.13. The number of sulfonamides is 1. The van der Waals surface area contributed by atoms with Gasteiger partial charge in [-0.05, 0) is 52.7 Å². The van der Waals surface area contributed by atoms with Crippen LogP contribution in [0.15, 0.2) is 52.1 Å². The zero-order valence-corrected chi connectivity index (χ0v) is 17.0. The lowest BCUT2D eigenvalue weighted by atomic mass is 10.2. The van der Waals surface area contributed by atoms with Crippen LogP contribution in [0, 0.1) is 11.3 Å². The minimum atomic E-state index is -3.90. The lowest BCUT2D eigenvalue weighted by Gasteiger charge is -2.22. The summed E-state index contributed by atoms with van der Waals surface area (Å²) in [7, 11) is -3.90. The molecule has 0 aliphatic carbocycles. The van der Waals surface area contributed by atoms with Gasteiger partial charge < -0.3 is 4.74 Å². The average Bonchev–Trinajstić information content (AvgIpc) is 2.65. The van der Waals surface area contributed by atoms with Gasteiger partial charge in [0, 0.05) is 36.4 Å². The Balaban J connectivity index is 2.37. The molecule has 1 aromatic heterocycles. The first kappa shape index (κ1) is 21.0. The molecule has 0 bridgehead atoms. The summed E-state index contributed by atoms with van der Waals surface area (Å²) in [5.74, 6) is -0.529. The van der Waals surface area contributed by atoms with Gasteiger partial charge in [-0.15, -0.1) is 0 Å². The highest BCUT2D eigenvalue weighted by molar-refractivity contribution is 9.10. The summed E-state index contributed by atoms with van der Waals surface area (Å²) in [6.07, 6.45) is 3.23. The number of rotatable bonds is 8. The summed E-state index contributed by atoms with van der Waals surface area (Å²) in [6, 6.07) is 9.62. The van der Waals surface area contributed by atoms with Crippen molar-refractivity contribution in [2.75, 3.05) is 13.2 Å². The lowest BCUT2D eigenvalue weighted by molar-refractivity contribution is 0.0526. The maximum absolute atomic E-state index is 13.1. The largest absolute Gasteiger partial charge is 0.462 e. The second-order valence-corrected chi connectivity index (χ2v) is 8.23. The summed E-state index contributed by atoms with van der Waals surface area (Å²) in [4.78, 5) is 15.8. The van der Waals surface area contributed by atoms with E-state index in [2.05, 4.69) is 20.9 Å². The van der Waals surface area contributed by atoms with Crippen molar-refractivity contribution in [3.05, 3.63) is 58.3 Å². The molecule has 0 N–H and O–H groups in total. The van der Waals surface area contributed by atoms with Crippen molar-refractivity contribution < 1.29 is 17.9 Å². The van der Waals surface area contributed by atoms with Crippen LogP contribution in [0.4, 0.5) is 0 Å². The molecular weight excluding hydrogens is 434 g/mol. The standard InChI is InChI=1S/C18H18BrN3O4S/c1-2-26-18(23)15-6-7-17(16(19)11-15)27(24,25)22(10-4-8-20)13-14-5-3-9-21-12-14/h3,5-7,9,11-12H,2,4,10,13H2,1H3. The van der Waals surface area contributed by atoms with Crippen LogP contribution in [-0.4, -0.2) is 36.8 Å². The molecule has 142 valence electrons. The maximum Gasteiger partial charge on any atom is 0.338 e. The summed E-state index contributed by atoms with van der Waals surface area (Å²) in [5, 5.41) is 8.88. The number of pyridine rings is 1. The predicted molar refractivity (Wildman–Crippen MR) is 102 cm³/mol. The Bertz CT molecular complexity index is 943. The normalized spacial score (nSPS) is 11.2. The third-order valence-corrected chi connectivity index (χ3v) is 6.44. The minimum absolute atomic E-state index is 0.0115. The van der Waals surface area contributed by atoms with E-state index in [9.17, 15) is 13.2 Å². The van der Waals surface area contributed by atoms with Crippen molar-refractivity contribution in [1.82, 2.24) is 9.29 Å². The number of carbonyl (C=O) groups excluding carboxylic acids is 1. The minimum Gasteiger partial charge on any atom is -0.462 e. The fourth-order valence-electron chi connectivity index (χ4n) is 2.34. The van der Waals surface area contributed by atoms with Gasteiger partial charge in [-0.1, -0.05) is 6.07 Å².